The molecule has 0 bridgehead atoms. The van der Waals surface area contributed by atoms with Crippen LogP contribution in [-0.4, -0.2) is 13.1 Å². The van der Waals surface area contributed by atoms with Crippen LogP contribution < -0.4 is 5.19 Å². The minimum Gasteiger partial charge on any atom is -0.248 e. The number of aromatic nitrogens is 1. The minimum absolute atomic E-state index is 1.04. The maximum atomic E-state index is 5.28. The molecule has 37 heavy (non-hydrogen) atoms. The number of hydrogen-bond acceptors (Lipinski definition) is 2. The smallest absolute Gasteiger partial charge is 0.0776 e. The van der Waals surface area contributed by atoms with Crippen molar-refractivity contribution in [3.8, 4) is 22.4 Å². The molecule has 0 radical (unpaired) electrons. The summed E-state index contributed by atoms with van der Waals surface area (Å²) in [7, 11) is -1.49. The summed E-state index contributed by atoms with van der Waals surface area (Å²) in [5.74, 6) is 0. The Morgan fingerprint density at radius 3 is 2.14 bits per heavy atom. The average molecular weight is 510 g/mol. The number of benzene rings is 5. The van der Waals surface area contributed by atoms with Crippen LogP contribution in [0.15, 0.2) is 109 Å². The monoisotopic (exact) mass is 509 g/mol. The Morgan fingerprint density at radius 1 is 0.568 bits per heavy atom. The van der Waals surface area contributed by atoms with E-state index in [9.17, 15) is 0 Å². The summed E-state index contributed by atoms with van der Waals surface area (Å²) in [6.45, 7) is 7.24. The molecule has 0 amide bonds. The number of nitrogens with zero attached hydrogens (tertiary/aromatic N) is 1. The Balaban J connectivity index is 1.57. The predicted molar refractivity (Wildman–Crippen MR) is 166 cm³/mol. The second kappa shape index (κ2) is 8.37. The number of hydrogen-bond donors (Lipinski definition) is 0. The van der Waals surface area contributed by atoms with E-state index in [2.05, 4.69) is 129 Å². The van der Waals surface area contributed by atoms with E-state index in [1.807, 2.05) is 11.3 Å². The first-order valence-electron chi connectivity index (χ1n) is 12.8. The van der Waals surface area contributed by atoms with E-state index in [4.69, 9.17) is 4.98 Å². The van der Waals surface area contributed by atoms with E-state index >= 15 is 0 Å². The number of rotatable bonds is 3. The molecule has 7 rings (SSSR count). The van der Waals surface area contributed by atoms with Crippen LogP contribution in [0.5, 0.6) is 0 Å². The fourth-order valence-electron chi connectivity index (χ4n) is 5.46. The fourth-order valence-corrected chi connectivity index (χ4v) is 7.85. The van der Waals surface area contributed by atoms with Gasteiger partial charge in [-0.25, -0.2) is 4.98 Å². The molecule has 7 aromatic rings. The van der Waals surface area contributed by atoms with Crippen LogP contribution in [-0.2, 0) is 0 Å². The molecule has 0 unspecified atom stereocenters. The summed E-state index contributed by atoms with van der Waals surface area (Å²) in [5.41, 5.74) is 5.82. The third kappa shape index (κ3) is 3.69. The van der Waals surface area contributed by atoms with Gasteiger partial charge in [0.2, 0.25) is 0 Å². The summed E-state index contributed by atoms with van der Waals surface area (Å²) in [5, 5.41) is 7.87. The first kappa shape index (κ1) is 22.4. The van der Waals surface area contributed by atoms with Crippen LogP contribution in [0.4, 0.5) is 0 Å². The second-order valence-corrected chi connectivity index (χ2v) is 17.0. The quantitative estimate of drug-likeness (QED) is 0.216. The Morgan fingerprint density at radius 2 is 1.27 bits per heavy atom. The molecule has 0 aliphatic heterocycles. The highest BCUT2D eigenvalue weighted by Crippen LogP contribution is 2.42. The molecule has 0 spiro atoms. The molecular formula is C34H27NSSi. The van der Waals surface area contributed by atoms with E-state index in [0.29, 0.717) is 0 Å². The molecule has 5 aromatic carbocycles. The molecular weight excluding hydrogens is 483 g/mol. The molecule has 0 saturated heterocycles. The van der Waals surface area contributed by atoms with Crippen molar-refractivity contribution in [3.63, 3.8) is 0 Å². The highest BCUT2D eigenvalue weighted by atomic mass is 32.1. The first-order chi connectivity index (χ1) is 18.0. The SMILES string of the molecule is C[Si](C)(C)c1ccc2nc(-c3cccc4c3sc3ccccc34)cc(-c3cccc4ccccc34)c2c1. The fraction of sp³-hybridized carbons (Fsp3) is 0.0882. The van der Waals surface area contributed by atoms with Gasteiger partial charge in [-0.15, -0.1) is 11.3 Å². The van der Waals surface area contributed by atoms with Crippen LogP contribution in [0.3, 0.4) is 0 Å². The summed E-state index contributed by atoms with van der Waals surface area (Å²) in [4.78, 5) is 5.28. The Hall–Kier alpha value is -3.79. The van der Waals surface area contributed by atoms with Gasteiger partial charge in [0.05, 0.1) is 19.3 Å². The summed E-state index contributed by atoms with van der Waals surface area (Å²) in [6.07, 6.45) is 0. The lowest BCUT2D eigenvalue weighted by molar-refractivity contribution is 1.41. The van der Waals surface area contributed by atoms with Crippen molar-refractivity contribution < 1.29 is 0 Å². The number of thiophene rings is 1. The van der Waals surface area contributed by atoms with Gasteiger partial charge in [0.25, 0.3) is 0 Å². The van der Waals surface area contributed by atoms with Gasteiger partial charge in [-0.05, 0) is 40.1 Å². The average Bonchev–Trinajstić information content (AvgIpc) is 3.30. The molecule has 3 heteroatoms. The highest BCUT2D eigenvalue weighted by molar-refractivity contribution is 7.26. The standard InChI is InChI=1S/C34H27NSSi/c1-37(2,3)23-18-19-31-30(20-23)29(25-14-8-11-22-10-4-5-12-24(22)25)21-32(35-31)28-16-9-15-27-26-13-6-7-17-33(26)36-34(27)28/h4-21H,1-3H3. The van der Waals surface area contributed by atoms with Crippen molar-refractivity contribution in [1.82, 2.24) is 4.98 Å². The Labute approximate surface area is 222 Å². The molecule has 178 valence electrons. The third-order valence-corrected chi connectivity index (χ3v) is 10.7. The molecule has 0 saturated carbocycles. The molecule has 0 atom stereocenters. The molecule has 0 N–H and O–H groups in total. The minimum atomic E-state index is -1.49. The largest absolute Gasteiger partial charge is 0.248 e. The van der Waals surface area contributed by atoms with Gasteiger partial charge < -0.3 is 0 Å². The van der Waals surface area contributed by atoms with Gasteiger partial charge in [-0.2, -0.15) is 0 Å². The van der Waals surface area contributed by atoms with E-state index < -0.39 is 8.07 Å². The Bertz CT molecular complexity index is 1970. The number of fused-ring (bicyclic) bond motifs is 5. The van der Waals surface area contributed by atoms with Crippen LogP contribution in [0.25, 0.3) is 64.2 Å². The lowest BCUT2D eigenvalue weighted by Gasteiger charge is -2.19. The van der Waals surface area contributed by atoms with Crippen LogP contribution in [0.1, 0.15) is 0 Å². The van der Waals surface area contributed by atoms with Gasteiger partial charge in [0.1, 0.15) is 0 Å². The molecule has 1 nitrogen and oxygen atoms in total. The van der Waals surface area contributed by atoms with Crippen molar-refractivity contribution in [1.29, 1.82) is 0 Å². The molecule has 2 aromatic heterocycles. The van der Waals surface area contributed by atoms with Gasteiger partial charge in [0.15, 0.2) is 0 Å². The maximum Gasteiger partial charge on any atom is 0.0776 e. The van der Waals surface area contributed by atoms with Crippen LogP contribution in [0, 0.1) is 0 Å². The third-order valence-electron chi connectivity index (χ3n) is 7.43. The molecule has 2 heterocycles. The molecule has 0 fully saturated rings. The molecule has 0 aliphatic carbocycles. The van der Waals surface area contributed by atoms with Gasteiger partial charge in [-0.3, -0.25) is 0 Å². The Kier molecular flexibility index (Phi) is 5.07. The summed E-state index contributed by atoms with van der Waals surface area (Å²) < 4.78 is 2.62. The van der Waals surface area contributed by atoms with Gasteiger partial charge >= 0.3 is 0 Å². The zero-order chi connectivity index (χ0) is 25.1. The highest BCUT2D eigenvalue weighted by Gasteiger charge is 2.20. The van der Waals surface area contributed by atoms with Crippen molar-refractivity contribution in [2.75, 3.05) is 0 Å². The van der Waals surface area contributed by atoms with E-state index in [0.717, 1.165) is 11.2 Å². The first-order valence-corrected chi connectivity index (χ1v) is 17.1. The lowest BCUT2D eigenvalue weighted by atomic mass is 9.94. The van der Waals surface area contributed by atoms with Crippen LogP contribution in [0.2, 0.25) is 19.6 Å². The van der Waals surface area contributed by atoms with Crippen LogP contribution >= 0.6 is 11.3 Å². The maximum absolute atomic E-state index is 5.28. The zero-order valence-corrected chi connectivity index (χ0v) is 23.1. The van der Waals surface area contributed by atoms with Crippen molar-refractivity contribution >= 4 is 66.4 Å². The van der Waals surface area contributed by atoms with Gasteiger partial charge in [0, 0.05) is 31.1 Å². The summed E-state index contributed by atoms with van der Waals surface area (Å²) >= 11 is 1.86. The van der Waals surface area contributed by atoms with Gasteiger partial charge in [-0.1, -0.05) is 116 Å². The van der Waals surface area contributed by atoms with Crippen molar-refractivity contribution in [2.45, 2.75) is 19.6 Å². The number of pyridine rings is 1. The van der Waals surface area contributed by atoms with Crippen molar-refractivity contribution in [3.05, 3.63) is 109 Å². The predicted octanol–water partition coefficient (Wildman–Crippen LogP) is 9.64. The molecule has 0 aliphatic rings. The van der Waals surface area contributed by atoms with E-state index in [-0.39, 0.29) is 0 Å². The van der Waals surface area contributed by atoms with Crippen molar-refractivity contribution in [2.24, 2.45) is 0 Å². The topological polar surface area (TPSA) is 12.9 Å². The lowest BCUT2D eigenvalue weighted by Crippen LogP contribution is -2.37. The van der Waals surface area contributed by atoms with E-state index in [1.54, 1.807) is 0 Å². The zero-order valence-electron chi connectivity index (χ0n) is 21.2. The second-order valence-electron chi connectivity index (χ2n) is 10.8. The van der Waals surface area contributed by atoms with E-state index in [1.165, 1.54) is 58.2 Å². The normalized spacial score (nSPS) is 12.2. The summed E-state index contributed by atoms with van der Waals surface area (Å²) in [6, 6.07) is 40.0.